The molecule has 5 nitrogen and oxygen atoms in total. The first-order valence-electron chi connectivity index (χ1n) is 10.6. The van der Waals surface area contributed by atoms with Crippen molar-refractivity contribution in [2.24, 2.45) is 4.99 Å². The number of rotatable bonds is 2. The summed E-state index contributed by atoms with van der Waals surface area (Å²) in [4.78, 5) is 5.85. The molecule has 5 aromatic rings. The monoisotopic (exact) mass is 467 g/mol. The largest absolute Gasteiger partial charge is 0.336 e. The van der Waals surface area contributed by atoms with Gasteiger partial charge in [-0.15, -0.1) is 21.5 Å². The lowest BCUT2D eigenvalue weighted by Crippen LogP contribution is -2.05. The van der Waals surface area contributed by atoms with Crippen molar-refractivity contribution in [2.75, 3.05) is 0 Å². The molecular formula is C26H18ClN5S. The Balaban J connectivity index is 1.42. The molecule has 0 saturated carbocycles. The summed E-state index contributed by atoms with van der Waals surface area (Å²) in [5.74, 6) is 8.35. The average molecular weight is 468 g/mol. The van der Waals surface area contributed by atoms with E-state index < -0.39 is 0 Å². The van der Waals surface area contributed by atoms with Crippen molar-refractivity contribution in [3.63, 3.8) is 0 Å². The fourth-order valence-electron chi connectivity index (χ4n) is 4.16. The molecule has 1 aliphatic heterocycles. The van der Waals surface area contributed by atoms with Crippen molar-refractivity contribution in [2.45, 2.75) is 20.0 Å². The summed E-state index contributed by atoms with van der Waals surface area (Å²) in [7, 11) is 0. The first-order valence-corrected chi connectivity index (χ1v) is 11.8. The van der Waals surface area contributed by atoms with Crippen LogP contribution >= 0.6 is 22.9 Å². The number of hydrogen-bond acceptors (Lipinski definition) is 4. The molecule has 1 aliphatic rings. The number of thiophene rings is 1. The summed E-state index contributed by atoms with van der Waals surface area (Å²) >= 11 is 8.18. The fraction of sp³-hybridized carbons (Fsp3) is 0.115. The van der Waals surface area contributed by atoms with Gasteiger partial charge >= 0.3 is 0 Å². The molecule has 33 heavy (non-hydrogen) atoms. The second-order valence-corrected chi connectivity index (χ2v) is 9.22. The van der Waals surface area contributed by atoms with E-state index in [0.29, 0.717) is 18.1 Å². The molecule has 0 atom stereocenters. The summed E-state index contributed by atoms with van der Waals surface area (Å²) in [5.41, 5.74) is 3.96. The fourth-order valence-corrected chi connectivity index (χ4v) is 5.49. The lowest BCUT2D eigenvalue weighted by Gasteiger charge is -2.08. The Morgan fingerprint density at radius 2 is 1.88 bits per heavy atom. The minimum atomic E-state index is 0.449. The third-order valence-electron chi connectivity index (χ3n) is 5.71. The van der Waals surface area contributed by atoms with Gasteiger partial charge < -0.3 is 4.57 Å². The standard InChI is InChI=1S/C26H18ClN5S/c1-17-29-30-24-16-28-25(20-9-3-4-10-22(20)27)21-15-19(33-26(21)32(17)24)8-6-13-31-14-12-18-7-2-5-11-23(18)31/h2-5,7,9-12,14-15H,13,16H2,1H3. The lowest BCUT2D eigenvalue weighted by atomic mass is 10.0. The molecule has 0 amide bonds. The summed E-state index contributed by atoms with van der Waals surface area (Å²) in [6.45, 7) is 3.03. The predicted molar refractivity (Wildman–Crippen MR) is 134 cm³/mol. The van der Waals surface area contributed by atoms with E-state index in [4.69, 9.17) is 16.6 Å². The predicted octanol–water partition coefficient (Wildman–Crippen LogP) is 5.65. The van der Waals surface area contributed by atoms with E-state index in [-0.39, 0.29) is 0 Å². The van der Waals surface area contributed by atoms with Gasteiger partial charge in [-0.2, -0.15) is 0 Å². The second-order valence-electron chi connectivity index (χ2n) is 7.78. The minimum Gasteiger partial charge on any atom is -0.336 e. The summed E-state index contributed by atoms with van der Waals surface area (Å²) in [6, 6.07) is 20.4. The van der Waals surface area contributed by atoms with Crippen LogP contribution in [0.1, 0.15) is 27.7 Å². The van der Waals surface area contributed by atoms with Crippen molar-refractivity contribution >= 4 is 39.6 Å². The van der Waals surface area contributed by atoms with E-state index in [2.05, 4.69) is 73.8 Å². The maximum atomic E-state index is 6.55. The van der Waals surface area contributed by atoms with Crippen LogP contribution in [0.25, 0.3) is 15.9 Å². The maximum absolute atomic E-state index is 6.55. The highest BCUT2D eigenvalue weighted by Gasteiger charge is 2.25. The highest BCUT2D eigenvalue weighted by atomic mass is 35.5. The van der Waals surface area contributed by atoms with Crippen LogP contribution in [0.4, 0.5) is 0 Å². The summed E-state index contributed by atoms with van der Waals surface area (Å²) < 4.78 is 4.25. The van der Waals surface area contributed by atoms with Crippen LogP contribution in [-0.4, -0.2) is 25.0 Å². The van der Waals surface area contributed by atoms with Crippen molar-refractivity contribution in [3.8, 4) is 16.8 Å². The molecule has 0 radical (unpaired) electrons. The van der Waals surface area contributed by atoms with Gasteiger partial charge in [-0.1, -0.05) is 59.8 Å². The van der Waals surface area contributed by atoms with Gasteiger partial charge in [-0.05, 0) is 36.6 Å². The summed E-state index contributed by atoms with van der Waals surface area (Å²) in [6.07, 6.45) is 2.08. The zero-order chi connectivity index (χ0) is 22.4. The van der Waals surface area contributed by atoms with Gasteiger partial charge in [0.15, 0.2) is 5.82 Å². The number of hydrogen-bond donors (Lipinski definition) is 0. The summed E-state index contributed by atoms with van der Waals surface area (Å²) in [5, 5.41) is 11.5. The Morgan fingerprint density at radius 1 is 1.03 bits per heavy atom. The molecule has 0 spiro atoms. The number of benzene rings is 2. The topological polar surface area (TPSA) is 48.0 Å². The van der Waals surface area contributed by atoms with Crippen LogP contribution in [0.2, 0.25) is 5.02 Å². The van der Waals surface area contributed by atoms with Crippen molar-refractivity contribution in [3.05, 3.63) is 99.5 Å². The lowest BCUT2D eigenvalue weighted by molar-refractivity contribution is 0.869. The quantitative estimate of drug-likeness (QED) is 0.315. The Hall–Kier alpha value is -3.66. The Morgan fingerprint density at radius 3 is 2.79 bits per heavy atom. The Labute approximate surface area is 200 Å². The number of aromatic nitrogens is 4. The molecule has 2 aromatic carbocycles. The number of nitrogens with zero attached hydrogens (tertiary/aromatic N) is 5. The molecule has 3 aromatic heterocycles. The van der Waals surface area contributed by atoms with Gasteiger partial charge in [-0.25, -0.2) is 0 Å². The van der Waals surface area contributed by atoms with E-state index >= 15 is 0 Å². The maximum Gasteiger partial charge on any atom is 0.160 e. The molecule has 160 valence electrons. The van der Waals surface area contributed by atoms with Crippen LogP contribution in [-0.2, 0) is 13.1 Å². The van der Waals surface area contributed by atoms with Crippen LogP contribution < -0.4 is 0 Å². The first-order chi connectivity index (χ1) is 16.2. The van der Waals surface area contributed by atoms with Gasteiger partial charge in [-0.3, -0.25) is 9.56 Å². The number of aryl methyl sites for hydroxylation is 1. The molecule has 0 fully saturated rings. The second kappa shape index (κ2) is 8.04. The van der Waals surface area contributed by atoms with Crippen LogP contribution in [0, 0.1) is 18.8 Å². The van der Waals surface area contributed by atoms with Gasteiger partial charge in [0.05, 0.1) is 17.1 Å². The number of aliphatic imine (C=N–C) groups is 1. The minimum absolute atomic E-state index is 0.449. The highest BCUT2D eigenvalue weighted by Crippen LogP contribution is 2.34. The number of fused-ring (bicyclic) bond motifs is 4. The third kappa shape index (κ3) is 3.46. The van der Waals surface area contributed by atoms with Crippen molar-refractivity contribution < 1.29 is 0 Å². The van der Waals surface area contributed by atoms with Crippen molar-refractivity contribution in [1.29, 1.82) is 0 Å². The zero-order valence-corrected chi connectivity index (χ0v) is 19.4. The van der Waals surface area contributed by atoms with Gasteiger partial charge in [0.25, 0.3) is 0 Å². The number of halogens is 1. The zero-order valence-electron chi connectivity index (χ0n) is 17.8. The molecule has 0 aliphatic carbocycles. The van der Waals surface area contributed by atoms with Gasteiger partial charge in [0, 0.05) is 27.9 Å². The highest BCUT2D eigenvalue weighted by molar-refractivity contribution is 7.15. The molecule has 7 heteroatoms. The molecule has 0 N–H and O–H groups in total. The van der Waals surface area contributed by atoms with Crippen LogP contribution in [0.5, 0.6) is 0 Å². The molecule has 0 bridgehead atoms. The first kappa shape index (κ1) is 20.0. The molecule has 0 saturated heterocycles. The van der Waals surface area contributed by atoms with E-state index in [1.165, 1.54) is 10.9 Å². The van der Waals surface area contributed by atoms with Crippen LogP contribution in [0.3, 0.4) is 0 Å². The smallest absolute Gasteiger partial charge is 0.160 e. The van der Waals surface area contributed by atoms with Gasteiger partial charge in [0.1, 0.15) is 17.4 Å². The molecule has 0 unspecified atom stereocenters. The molecular weight excluding hydrogens is 450 g/mol. The molecule has 6 rings (SSSR count). The average Bonchev–Trinajstić information content (AvgIpc) is 3.50. The van der Waals surface area contributed by atoms with E-state index in [1.54, 1.807) is 11.3 Å². The molecule has 4 heterocycles. The van der Waals surface area contributed by atoms with Crippen molar-refractivity contribution in [1.82, 2.24) is 19.3 Å². The Kier molecular flexibility index (Phi) is 4.87. The Bertz CT molecular complexity index is 1610. The van der Waals surface area contributed by atoms with Crippen LogP contribution in [0.15, 0.2) is 71.9 Å². The normalized spacial score (nSPS) is 12.5. The third-order valence-corrected chi connectivity index (χ3v) is 7.08. The van der Waals surface area contributed by atoms with E-state index in [0.717, 1.165) is 38.4 Å². The van der Waals surface area contributed by atoms with E-state index in [1.807, 2.05) is 31.2 Å². The number of para-hydroxylation sites is 1. The SMILES string of the molecule is Cc1nnc2n1-c1sc(C#CCn3ccc4ccccc43)cc1C(c1ccccc1Cl)=NC2. The van der Waals surface area contributed by atoms with Gasteiger partial charge in [0.2, 0.25) is 0 Å². The van der Waals surface area contributed by atoms with E-state index in [9.17, 15) is 0 Å².